The van der Waals surface area contributed by atoms with Gasteiger partial charge in [-0.25, -0.2) is 4.79 Å². The number of carbonyl (C=O) groups is 1. The Kier molecular flexibility index (Phi) is 5.60. The summed E-state index contributed by atoms with van der Waals surface area (Å²) in [4.78, 5) is 14.4. The lowest BCUT2D eigenvalue weighted by Crippen LogP contribution is -2.52. The highest BCUT2D eigenvalue weighted by Gasteiger charge is 2.51. The number of aliphatic hydroxyl groups is 1. The van der Waals surface area contributed by atoms with Crippen molar-refractivity contribution >= 4 is 6.09 Å². The Labute approximate surface area is 178 Å². The molecule has 2 bridgehead atoms. The first-order valence-corrected chi connectivity index (χ1v) is 10.2. The molecule has 2 aromatic rings. The number of piperidine rings is 1. The quantitative estimate of drug-likeness (QED) is 0.745. The summed E-state index contributed by atoms with van der Waals surface area (Å²) in [7, 11) is 1.29. The maximum Gasteiger partial charge on any atom is 0.416 e. The largest absolute Gasteiger partial charge is 0.497 e. The lowest BCUT2D eigenvalue weighted by atomic mass is 9.80. The van der Waals surface area contributed by atoms with E-state index in [1.165, 1.54) is 13.2 Å². The van der Waals surface area contributed by atoms with Gasteiger partial charge in [-0.3, -0.25) is 0 Å². The maximum absolute atomic E-state index is 13.3. The van der Waals surface area contributed by atoms with Crippen LogP contribution in [0, 0.1) is 0 Å². The highest BCUT2D eigenvalue weighted by Crippen LogP contribution is 2.47. The fourth-order valence-corrected chi connectivity index (χ4v) is 4.70. The molecule has 0 spiro atoms. The van der Waals surface area contributed by atoms with Gasteiger partial charge < -0.3 is 19.5 Å². The van der Waals surface area contributed by atoms with E-state index in [1.807, 2.05) is 30.3 Å². The van der Waals surface area contributed by atoms with Gasteiger partial charge >= 0.3 is 12.3 Å². The number of benzene rings is 2. The number of amides is 1. The molecule has 0 radical (unpaired) electrons. The van der Waals surface area contributed by atoms with Crippen molar-refractivity contribution < 1.29 is 32.5 Å². The van der Waals surface area contributed by atoms with Crippen molar-refractivity contribution in [1.82, 2.24) is 4.90 Å². The Morgan fingerprint density at radius 2 is 1.77 bits per heavy atom. The molecule has 2 fully saturated rings. The molecule has 166 valence electrons. The number of rotatable bonds is 4. The molecule has 4 rings (SSSR count). The Morgan fingerprint density at radius 1 is 1.13 bits per heavy atom. The second kappa shape index (κ2) is 8.07. The summed E-state index contributed by atoms with van der Waals surface area (Å²) in [5.74, 6) is 0.0373. The summed E-state index contributed by atoms with van der Waals surface area (Å²) < 4.78 is 50.5. The van der Waals surface area contributed by atoms with Gasteiger partial charge in [0.15, 0.2) is 0 Å². The zero-order valence-electron chi connectivity index (χ0n) is 17.1. The third-order valence-corrected chi connectivity index (χ3v) is 6.19. The smallest absolute Gasteiger partial charge is 0.416 e. The van der Waals surface area contributed by atoms with Gasteiger partial charge in [0.1, 0.15) is 12.4 Å². The van der Waals surface area contributed by atoms with Crippen molar-refractivity contribution in [3.63, 3.8) is 0 Å². The van der Waals surface area contributed by atoms with Crippen LogP contribution in [0.25, 0.3) is 0 Å². The second-order valence-corrected chi connectivity index (χ2v) is 8.22. The van der Waals surface area contributed by atoms with Crippen LogP contribution in [0.1, 0.15) is 42.4 Å². The topological polar surface area (TPSA) is 59.0 Å². The number of nitrogens with zero attached hydrogens (tertiary/aromatic N) is 1. The Hall–Kier alpha value is -2.74. The van der Waals surface area contributed by atoms with Crippen LogP contribution in [-0.2, 0) is 23.1 Å². The van der Waals surface area contributed by atoms with Crippen LogP contribution in [0.15, 0.2) is 48.5 Å². The average Bonchev–Trinajstić information content (AvgIpc) is 3.03. The third kappa shape index (κ3) is 4.35. The zero-order chi connectivity index (χ0) is 22.2. The van der Waals surface area contributed by atoms with E-state index in [0.29, 0.717) is 12.8 Å². The molecule has 2 heterocycles. The van der Waals surface area contributed by atoms with Crippen molar-refractivity contribution in [1.29, 1.82) is 0 Å². The molecule has 1 N–H and O–H groups in total. The van der Waals surface area contributed by atoms with E-state index in [2.05, 4.69) is 0 Å². The lowest BCUT2D eigenvalue weighted by Gasteiger charge is -2.43. The Balaban J connectivity index is 1.52. The van der Waals surface area contributed by atoms with Gasteiger partial charge in [-0.1, -0.05) is 30.3 Å². The zero-order valence-corrected chi connectivity index (χ0v) is 17.1. The summed E-state index contributed by atoms with van der Waals surface area (Å²) in [6, 6.07) is 12.0. The number of fused-ring (bicyclic) bond motifs is 2. The van der Waals surface area contributed by atoms with Crippen LogP contribution in [0.5, 0.6) is 5.75 Å². The number of hydrogen-bond acceptors (Lipinski definition) is 4. The van der Waals surface area contributed by atoms with Gasteiger partial charge in [0.25, 0.3) is 0 Å². The van der Waals surface area contributed by atoms with Crippen LogP contribution in [0.2, 0.25) is 0 Å². The molecule has 8 heteroatoms. The van der Waals surface area contributed by atoms with E-state index >= 15 is 0 Å². The van der Waals surface area contributed by atoms with Crippen LogP contribution >= 0.6 is 0 Å². The second-order valence-electron chi connectivity index (χ2n) is 8.22. The van der Waals surface area contributed by atoms with Crippen molar-refractivity contribution in [3.05, 3.63) is 65.2 Å². The summed E-state index contributed by atoms with van der Waals surface area (Å²) >= 11 is 0. The molecule has 5 nitrogen and oxygen atoms in total. The van der Waals surface area contributed by atoms with Gasteiger partial charge in [0.05, 0.1) is 18.3 Å². The molecule has 2 atom stereocenters. The summed E-state index contributed by atoms with van der Waals surface area (Å²) in [6.07, 6.45) is -3.38. The standard InChI is InChI=1S/C23H24F3NO4/c1-30-20-10-16(9-17(11-20)23(24,25)26)22(29)12-18-7-8-19(13-22)27(18)21(28)31-14-15-5-3-2-4-6-15/h2-6,9-11,18-19,29H,7-8,12-14H2,1H3. The normalized spacial score (nSPS) is 25.4. The highest BCUT2D eigenvalue weighted by molar-refractivity contribution is 5.69. The molecule has 1 amide bonds. The van der Waals surface area contributed by atoms with Crippen molar-refractivity contribution in [2.75, 3.05) is 7.11 Å². The van der Waals surface area contributed by atoms with Crippen molar-refractivity contribution in [2.45, 2.75) is 56.2 Å². The molecule has 31 heavy (non-hydrogen) atoms. The van der Waals surface area contributed by atoms with Gasteiger partial charge in [-0.15, -0.1) is 0 Å². The SMILES string of the molecule is COc1cc(C(F)(F)F)cc(C2(O)CC3CCC(C2)N3C(=O)OCc2ccccc2)c1. The van der Waals surface area contributed by atoms with E-state index in [-0.39, 0.29) is 42.8 Å². The minimum atomic E-state index is -4.55. The van der Waals surface area contributed by atoms with Gasteiger partial charge in [-0.05, 0) is 42.2 Å². The number of methoxy groups -OCH3 is 1. The lowest BCUT2D eigenvalue weighted by molar-refractivity contribution is -0.138. The van der Waals surface area contributed by atoms with E-state index < -0.39 is 23.4 Å². The minimum Gasteiger partial charge on any atom is -0.497 e. The fourth-order valence-electron chi connectivity index (χ4n) is 4.70. The Bertz CT molecular complexity index is 934. The van der Waals surface area contributed by atoms with Crippen LogP contribution in [-0.4, -0.2) is 35.3 Å². The highest BCUT2D eigenvalue weighted by atomic mass is 19.4. The van der Waals surface area contributed by atoms with Crippen LogP contribution in [0.4, 0.5) is 18.0 Å². The molecule has 0 saturated carbocycles. The van der Waals surface area contributed by atoms with E-state index in [1.54, 1.807) is 4.90 Å². The monoisotopic (exact) mass is 435 g/mol. The first-order chi connectivity index (χ1) is 14.7. The maximum atomic E-state index is 13.3. The number of hydrogen-bond donors (Lipinski definition) is 1. The van der Waals surface area contributed by atoms with Gasteiger partial charge in [0, 0.05) is 24.9 Å². The summed E-state index contributed by atoms with van der Waals surface area (Å²) in [5.41, 5.74) is -1.31. The van der Waals surface area contributed by atoms with Crippen LogP contribution < -0.4 is 4.74 Å². The molecule has 0 aromatic heterocycles. The fraction of sp³-hybridized carbons (Fsp3) is 0.435. The predicted molar refractivity (Wildman–Crippen MR) is 106 cm³/mol. The van der Waals surface area contributed by atoms with E-state index in [0.717, 1.165) is 17.7 Å². The Morgan fingerprint density at radius 3 is 2.35 bits per heavy atom. The van der Waals surface area contributed by atoms with Gasteiger partial charge in [-0.2, -0.15) is 13.2 Å². The first-order valence-electron chi connectivity index (χ1n) is 10.2. The minimum absolute atomic E-state index is 0.0373. The number of carbonyl (C=O) groups excluding carboxylic acids is 1. The van der Waals surface area contributed by atoms with Crippen LogP contribution in [0.3, 0.4) is 0 Å². The van der Waals surface area contributed by atoms with E-state index in [4.69, 9.17) is 9.47 Å². The van der Waals surface area contributed by atoms with E-state index in [9.17, 15) is 23.1 Å². The molecule has 2 saturated heterocycles. The molecule has 2 aromatic carbocycles. The summed E-state index contributed by atoms with van der Waals surface area (Å²) in [6.45, 7) is 0.144. The molecule has 0 aliphatic carbocycles. The predicted octanol–water partition coefficient (Wildman–Crippen LogP) is 4.87. The molecular formula is C23H24F3NO4. The van der Waals surface area contributed by atoms with Crippen molar-refractivity contribution in [2.24, 2.45) is 0 Å². The molecular weight excluding hydrogens is 411 g/mol. The van der Waals surface area contributed by atoms with Gasteiger partial charge in [0.2, 0.25) is 0 Å². The first kappa shape index (κ1) is 21.5. The number of halogens is 3. The molecule has 2 aliphatic heterocycles. The average molecular weight is 435 g/mol. The molecule has 2 aliphatic rings. The number of ether oxygens (including phenoxy) is 2. The molecule has 2 unspecified atom stereocenters. The van der Waals surface area contributed by atoms with Crippen molar-refractivity contribution in [3.8, 4) is 5.75 Å². The summed E-state index contributed by atoms with van der Waals surface area (Å²) in [5, 5.41) is 11.3. The third-order valence-electron chi connectivity index (χ3n) is 6.19. The number of alkyl halides is 3.